The van der Waals surface area contributed by atoms with Crippen LogP contribution >= 0.6 is 7.82 Å². The van der Waals surface area contributed by atoms with E-state index in [9.17, 15) is 28.9 Å². The van der Waals surface area contributed by atoms with E-state index in [0.29, 0.717) is 19.3 Å². The van der Waals surface area contributed by atoms with Crippen LogP contribution in [-0.2, 0) is 42.2 Å². The maximum atomic E-state index is 12.8. The van der Waals surface area contributed by atoms with Gasteiger partial charge in [0, 0.05) is 12.8 Å². The summed E-state index contributed by atoms with van der Waals surface area (Å²) in [4.78, 5) is 48.2. The number of hydrogen-bond donors (Lipinski definition) is 2. The number of aliphatic hydroxyl groups excluding tert-OH is 1. The molecule has 0 aromatic heterocycles. The number of hydrogen-bond acceptors (Lipinski definition) is 10. The van der Waals surface area contributed by atoms with Gasteiger partial charge in [-0.25, -0.2) is 4.57 Å². The lowest BCUT2D eigenvalue weighted by atomic mass is 10.2. The Balaban J connectivity index is 5.03. The molecule has 0 amide bonds. The average Bonchev–Trinajstić information content (AvgIpc) is 3.35. The van der Waals surface area contributed by atoms with Crippen molar-refractivity contribution in [2.24, 2.45) is 0 Å². The number of carbonyl (C=O) groups is 3. The van der Waals surface area contributed by atoms with E-state index in [0.717, 1.165) is 89.9 Å². The third kappa shape index (κ3) is 48.1. The zero-order valence-electron chi connectivity index (χ0n) is 42.7. The molecule has 0 aromatic carbocycles. The van der Waals surface area contributed by atoms with Crippen LogP contribution in [0, 0.1) is 0 Å². The van der Waals surface area contributed by atoms with Crippen LogP contribution in [0.3, 0.4) is 0 Å². The lowest BCUT2D eigenvalue weighted by Crippen LogP contribution is -2.30. The van der Waals surface area contributed by atoms with Gasteiger partial charge in [-0.2, -0.15) is 0 Å². The first kappa shape index (κ1) is 65.1. The molecule has 0 aliphatic heterocycles. The van der Waals surface area contributed by atoms with Gasteiger partial charge in [0.05, 0.1) is 26.2 Å². The minimum absolute atomic E-state index is 0.0291. The summed E-state index contributed by atoms with van der Waals surface area (Å²) in [5.74, 6) is -1.78. The second-order valence-corrected chi connectivity index (χ2v) is 17.3. The zero-order valence-corrected chi connectivity index (χ0v) is 43.5. The van der Waals surface area contributed by atoms with Crippen molar-refractivity contribution >= 4 is 25.7 Å². The Morgan fingerprint density at radius 2 is 0.757 bits per heavy atom. The number of unbranched alkanes of at least 4 members (excludes halogenated alkanes) is 2. The Morgan fingerprint density at radius 3 is 1.17 bits per heavy atom. The van der Waals surface area contributed by atoms with Crippen LogP contribution in [0.5, 0.6) is 0 Å². The third-order valence-corrected chi connectivity index (χ3v) is 10.4. The number of ether oxygens (including phenoxy) is 3. The predicted octanol–water partition coefficient (Wildman–Crippen LogP) is 14.6. The van der Waals surface area contributed by atoms with Gasteiger partial charge in [0.15, 0.2) is 6.10 Å². The van der Waals surface area contributed by atoms with Gasteiger partial charge in [-0.15, -0.1) is 0 Å². The van der Waals surface area contributed by atoms with Crippen LogP contribution in [0.2, 0.25) is 0 Å². The van der Waals surface area contributed by atoms with Crippen LogP contribution in [0.4, 0.5) is 0 Å². The second-order valence-electron chi connectivity index (χ2n) is 15.8. The minimum atomic E-state index is -4.80. The van der Waals surface area contributed by atoms with Crippen LogP contribution in [0.1, 0.15) is 149 Å². The highest BCUT2D eigenvalue weighted by Gasteiger charge is 2.28. The van der Waals surface area contributed by atoms with Crippen molar-refractivity contribution in [3.8, 4) is 0 Å². The predicted molar refractivity (Wildman–Crippen MR) is 288 cm³/mol. The van der Waals surface area contributed by atoms with Gasteiger partial charge in [0.25, 0.3) is 0 Å². The molecule has 70 heavy (non-hydrogen) atoms. The topological polar surface area (TPSA) is 155 Å². The molecular formula is C58H87O11P. The van der Waals surface area contributed by atoms with E-state index in [-0.39, 0.29) is 19.3 Å². The van der Waals surface area contributed by atoms with Crippen molar-refractivity contribution in [3.05, 3.63) is 158 Å². The number of esters is 3. The molecule has 0 saturated carbocycles. The van der Waals surface area contributed by atoms with Gasteiger partial charge in [-0.3, -0.25) is 23.4 Å². The monoisotopic (exact) mass is 991 g/mol. The average molecular weight is 991 g/mol. The zero-order chi connectivity index (χ0) is 51.3. The summed E-state index contributed by atoms with van der Waals surface area (Å²) in [6, 6.07) is 0. The van der Waals surface area contributed by atoms with E-state index in [1.54, 1.807) is 6.08 Å². The lowest BCUT2D eigenvalue weighted by molar-refractivity contribution is -0.161. The molecule has 0 fully saturated rings. The normalized spacial score (nSPS) is 14.8. The summed E-state index contributed by atoms with van der Waals surface area (Å²) < 4.78 is 39.1. The Labute approximate surface area is 422 Å². The standard InChI is InChI=1S/C58H87O11P/c1-4-7-10-13-16-19-22-25-27-30-32-35-38-41-44-47-56(60)65-51-55(69-58(62)49-46-43-40-37-34-31-28-26-23-20-17-14-11-8-5-2)53-67-70(63,64)66-52-54(50-59)68-57(61)48-45-42-39-36-33-29-24-21-18-15-12-9-6-3/h7-12,16-21,25-29,32-35,37,39,41-42,44,54-55,59H,4-6,13-15,22-24,30-31,36,38,40,43,45-53H2,1-3H3,(H,63,64)/b10-7-,11-8-,12-9-,19-16-,20-17-,21-18-,27-25-,28-26-,33-29-,35-32-,37-34-,42-39-,44-41-. The number of aliphatic hydroxyl groups is 1. The molecule has 0 aliphatic rings. The summed E-state index contributed by atoms with van der Waals surface area (Å²) >= 11 is 0. The molecule has 0 aliphatic carbocycles. The molecule has 2 N–H and O–H groups in total. The molecule has 0 saturated heterocycles. The fourth-order valence-corrected chi connectivity index (χ4v) is 6.51. The molecule has 11 nitrogen and oxygen atoms in total. The molecule has 0 radical (unpaired) electrons. The smallest absolute Gasteiger partial charge is 0.461 e. The van der Waals surface area contributed by atoms with Gasteiger partial charge in [-0.1, -0.05) is 179 Å². The molecule has 3 atom stereocenters. The fraction of sp³-hybridized carbons (Fsp3) is 0.500. The molecular weight excluding hydrogens is 904 g/mol. The maximum absolute atomic E-state index is 12.8. The summed E-state index contributed by atoms with van der Waals surface area (Å²) in [6.07, 6.45) is 65.5. The quantitative estimate of drug-likeness (QED) is 0.0197. The molecule has 0 spiro atoms. The molecule has 0 bridgehead atoms. The van der Waals surface area contributed by atoms with E-state index >= 15 is 0 Å². The Bertz CT molecular complexity index is 1770. The van der Waals surface area contributed by atoms with E-state index in [1.165, 1.54) is 0 Å². The SMILES string of the molecule is CC/C=C\C/C=C\C/C=C\C/C=C\C/C=C\CC(=O)OCC(COP(=O)(O)OCC(CO)OC(=O)CC/C=C\C/C=C\C/C=C\C/C=C\CC)OC(=O)CCCC/C=C\C/C=C\C/C=C\C/C=C\CC. The van der Waals surface area contributed by atoms with Gasteiger partial charge in [0.2, 0.25) is 0 Å². The van der Waals surface area contributed by atoms with Crippen molar-refractivity contribution in [2.75, 3.05) is 26.4 Å². The number of carbonyl (C=O) groups excluding carboxylic acids is 3. The second kappa shape index (κ2) is 50.5. The van der Waals surface area contributed by atoms with Crippen molar-refractivity contribution in [3.63, 3.8) is 0 Å². The molecule has 390 valence electrons. The molecule has 12 heteroatoms. The van der Waals surface area contributed by atoms with Crippen LogP contribution in [-0.4, -0.2) is 66.5 Å². The highest BCUT2D eigenvalue weighted by Crippen LogP contribution is 2.43. The van der Waals surface area contributed by atoms with Gasteiger partial charge in [-0.05, 0) is 109 Å². The first-order valence-corrected chi connectivity index (χ1v) is 26.9. The van der Waals surface area contributed by atoms with E-state index in [2.05, 4.69) is 136 Å². The Kier molecular flexibility index (Phi) is 47.0. The van der Waals surface area contributed by atoms with Crippen molar-refractivity contribution in [2.45, 2.75) is 161 Å². The molecule has 0 heterocycles. The first-order valence-electron chi connectivity index (χ1n) is 25.4. The molecule has 0 rings (SSSR count). The molecule has 3 unspecified atom stereocenters. The van der Waals surface area contributed by atoms with Crippen molar-refractivity contribution < 1.29 is 52.2 Å². The number of allylic oxidation sites excluding steroid dienone is 25. The summed E-state index contributed by atoms with van der Waals surface area (Å²) in [7, 11) is -4.80. The van der Waals surface area contributed by atoms with E-state index < -0.39 is 64.4 Å². The van der Waals surface area contributed by atoms with E-state index in [1.807, 2.05) is 36.5 Å². The van der Waals surface area contributed by atoms with Gasteiger partial charge < -0.3 is 24.2 Å². The summed E-state index contributed by atoms with van der Waals surface area (Å²) in [6.45, 7) is 3.99. The number of rotatable bonds is 44. The number of phosphoric acid groups is 1. The summed E-state index contributed by atoms with van der Waals surface area (Å²) in [5.41, 5.74) is 0. The maximum Gasteiger partial charge on any atom is 0.472 e. The van der Waals surface area contributed by atoms with Crippen molar-refractivity contribution in [1.82, 2.24) is 0 Å². The highest BCUT2D eigenvalue weighted by molar-refractivity contribution is 7.47. The first-order chi connectivity index (χ1) is 34.2. The highest BCUT2D eigenvalue weighted by atomic mass is 31.2. The largest absolute Gasteiger partial charge is 0.472 e. The van der Waals surface area contributed by atoms with Gasteiger partial charge in [0.1, 0.15) is 12.7 Å². The Hall–Kier alpha value is -4.90. The molecule has 0 aromatic rings. The van der Waals surface area contributed by atoms with Crippen LogP contribution in [0.15, 0.2) is 158 Å². The lowest BCUT2D eigenvalue weighted by Gasteiger charge is -2.21. The fourth-order valence-electron chi connectivity index (χ4n) is 5.72. The minimum Gasteiger partial charge on any atom is -0.461 e. The van der Waals surface area contributed by atoms with E-state index in [4.69, 9.17) is 23.3 Å². The van der Waals surface area contributed by atoms with Gasteiger partial charge >= 0.3 is 25.7 Å². The van der Waals surface area contributed by atoms with Crippen molar-refractivity contribution in [1.29, 1.82) is 0 Å². The Morgan fingerprint density at radius 1 is 0.414 bits per heavy atom. The van der Waals surface area contributed by atoms with Crippen LogP contribution in [0.25, 0.3) is 0 Å². The third-order valence-electron chi connectivity index (χ3n) is 9.47. The summed E-state index contributed by atoms with van der Waals surface area (Å²) in [5, 5.41) is 9.75. The number of phosphoric ester groups is 1. The van der Waals surface area contributed by atoms with Crippen LogP contribution < -0.4 is 0 Å².